The lowest BCUT2D eigenvalue weighted by atomic mass is 10.1. The number of hydrogen-bond donors (Lipinski definition) is 1. The van der Waals surface area contributed by atoms with Gasteiger partial charge < -0.3 is 10.2 Å². The third kappa shape index (κ3) is 2.84. The van der Waals surface area contributed by atoms with Crippen molar-refractivity contribution >= 4 is 28.8 Å². The zero-order valence-electron chi connectivity index (χ0n) is 13.4. The van der Waals surface area contributed by atoms with E-state index in [-0.39, 0.29) is 5.91 Å². The standard InChI is InChI=1S/C16H18N6OS/c1-11-8-14(22-16(20-11)18-10-19-22)17-5-2-15(23)21-6-3-13-12(9-21)4-7-24-13/h4,7-8,10,17H,2-3,5-6,9H2,1H3. The molecule has 0 saturated heterocycles. The number of aromatic nitrogens is 4. The average Bonchev–Trinajstić information content (AvgIpc) is 3.22. The number of thiophene rings is 1. The molecule has 0 aromatic carbocycles. The van der Waals surface area contributed by atoms with Gasteiger partial charge in [0.05, 0.1) is 0 Å². The van der Waals surface area contributed by atoms with Crippen LogP contribution >= 0.6 is 11.3 Å². The average molecular weight is 342 g/mol. The SMILES string of the molecule is Cc1cc(NCCC(=O)N2CCc3sccc3C2)n2ncnc2n1. The highest BCUT2D eigenvalue weighted by Gasteiger charge is 2.21. The minimum atomic E-state index is 0.181. The van der Waals surface area contributed by atoms with Gasteiger partial charge in [0, 0.05) is 42.7 Å². The van der Waals surface area contributed by atoms with Crippen molar-refractivity contribution in [3.8, 4) is 0 Å². The van der Waals surface area contributed by atoms with Gasteiger partial charge in [0.1, 0.15) is 12.1 Å². The summed E-state index contributed by atoms with van der Waals surface area (Å²) in [5, 5.41) is 9.53. The smallest absolute Gasteiger partial charge is 0.254 e. The summed E-state index contributed by atoms with van der Waals surface area (Å²) in [5.74, 6) is 1.55. The number of nitrogens with one attached hydrogen (secondary N) is 1. The number of rotatable bonds is 4. The van der Waals surface area contributed by atoms with Crippen molar-refractivity contribution in [3.05, 3.63) is 40.0 Å². The largest absolute Gasteiger partial charge is 0.369 e. The van der Waals surface area contributed by atoms with Crippen LogP contribution < -0.4 is 5.32 Å². The van der Waals surface area contributed by atoms with Gasteiger partial charge in [0.25, 0.3) is 5.78 Å². The molecule has 4 rings (SSSR count). The summed E-state index contributed by atoms with van der Waals surface area (Å²) in [4.78, 5) is 24.2. The summed E-state index contributed by atoms with van der Waals surface area (Å²) >= 11 is 1.79. The Morgan fingerprint density at radius 2 is 2.38 bits per heavy atom. The zero-order chi connectivity index (χ0) is 16.5. The van der Waals surface area contributed by atoms with Crippen molar-refractivity contribution in [3.63, 3.8) is 0 Å². The highest BCUT2D eigenvalue weighted by Crippen LogP contribution is 2.24. The second-order valence-corrected chi connectivity index (χ2v) is 6.87. The first kappa shape index (κ1) is 15.1. The molecule has 0 spiro atoms. The van der Waals surface area contributed by atoms with Crippen LogP contribution in [-0.4, -0.2) is 43.5 Å². The summed E-state index contributed by atoms with van der Waals surface area (Å²) < 4.78 is 1.65. The Morgan fingerprint density at radius 3 is 3.29 bits per heavy atom. The minimum absolute atomic E-state index is 0.181. The third-order valence-electron chi connectivity index (χ3n) is 4.19. The van der Waals surface area contributed by atoms with Gasteiger partial charge in [-0.15, -0.1) is 11.3 Å². The molecule has 7 nitrogen and oxygen atoms in total. The Labute approximate surface area is 143 Å². The van der Waals surface area contributed by atoms with Gasteiger partial charge in [0.15, 0.2) is 0 Å². The van der Waals surface area contributed by atoms with Crippen LogP contribution in [0.1, 0.15) is 22.6 Å². The molecule has 3 aromatic heterocycles. The molecule has 1 N–H and O–H groups in total. The van der Waals surface area contributed by atoms with Gasteiger partial charge in [0.2, 0.25) is 5.91 Å². The third-order valence-corrected chi connectivity index (χ3v) is 5.21. The first-order valence-corrected chi connectivity index (χ1v) is 8.83. The minimum Gasteiger partial charge on any atom is -0.369 e. The molecule has 4 heterocycles. The highest BCUT2D eigenvalue weighted by atomic mass is 32.1. The number of anilines is 1. The van der Waals surface area contributed by atoms with E-state index in [1.807, 2.05) is 17.9 Å². The van der Waals surface area contributed by atoms with Crippen LogP contribution in [0.2, 0.25) is 0 Å². The Hall–Kier alpha value is -2.48. The fourth-order valence-corrected chi connectivity index (χ4v) is 3.86. The molecule has 1 aliphatic heterocycles. The Kier molecular flexibility index (Phi) is 3.89. The maximum absolute atomic E-state index is 12.4. The van der Waals surface area contributed by atoms with Gasteiger partial charge in [-0.3, -0.25) is 4.79 Å². The molecule has 0 aliphatic carbocycles. The number of fused-ring (bicyclic) bond motifs is 2. The maximum atomic E-state index is 12.4. The highest BCUT2D eigenvalue weighted by molar-refractivity contribution is 7.10. The summed E-state index contributed by atoms with van der Waals surface area (Å²) in [7, 11) is 0. The fourth-order valence-electron chi connectivity index (χ4n) is 2.97. The van der Waals surface area contributed by atoms with E-state index in [4.69, 9.17) is 0 Å². The first-order valence-electron chi connectivity index (χ1n) is 7.95. The molecule has 24 heavy (non-hydrogen) atoms. The normalized spacial score (nSPS) is 14.0. The molecule has 0 atom stereocenters. The van der Waals surface area contributed by atoms with Crippen molar-refractivity contribution < 1.29 is 4.79 Å². The van der Waals surface area contributed by atoms with Crippen molar-refractivity contribution in [2.75, 3.05) is 18.4 Å². The maximum Gasteiger partial charge on any atom is 0.254 e. The van der Waals surface area contributed by atoms with Crippen LogP contribution in [0.3, 0.4) is 0 Å². The van der Waals surface area contributed by atoms with E-state index in [0.717, 1.165) is 31.0 Å². The molecule has 124 valence electrons. The van der Waals surface area contributed by atoms with Crippen LogP contribution in [0.5, 0.6) is 0 Å². The molecular formula is C16H18N6OS. The predicted molar refractivity (Wildman–Crippen MR) is 92.1 cm³/mol. The fraction of sp³-hybridized carbons (Fsp3) is 0.375. The van der Waals surface area contributed by atoms with E-state index in [1.165, 1.54) is 16.8 Å². The molecule has 0 bridgehead atoms. The number of aryl methyl sites for hydroxylation is 1. The van der Waals surface area contributed by atoms with Crippen LogP contribution in [0.15, 0.2) is 23.8 Å². The van der Waals surface area contributed by atoms with Gasteiger partial charge in [-0.1, -0.05) is 0 Å². The lowest BCUT2D eigenvalue weighted by Crippen LogP contribution is -2.36. The van der Waals surface area contributed by atoms with Gasteiger partial charge >= 0.3 is 0 Å². The lowest BCUT2D eigenvalue weighted by Gasteiger charge is -2.27. The molecule has 0 fully saturated rings. The molecule has 1 aliphatic rings. The molecule has 3 aromatic rings. The summed E-state index contributed by atoms with van der Waals surface area (Å²) in [6, 6.07) is 4.03. The quantitative estimate of drug-likeness (QED) is 0.783. The molecule has 1 amide bonds. The second kappa shape index (κ2) is 6.20. The van der Waals surface area contributed by atoms with E-state index < -0.39 is 0 Å². The van der Waals surface area contributed by atoms with E-state index in [0.29, 0.717) is 18.7 Å². The van der Waals surface area contributed by atoms with E-state index in [2.05, 4.69) is 31.8 Å². The number of carbonyl (C=O) groups is 1. The Balaban J connectivity index is 1.37. The topological polar surface area (TPSA) is 75.4 Å². The van der Waals surface area contributed by atoms with Crippen LogP contribution in [0, 0.1) is 6.92 Å². The van der Waals surface area contributed by atoms with Gasteiger partial charge in [-0.05, 0) is 30.4 Å². The number of hydrogen-bond acceptors (Lipinski definition) is 6. The van der Waals surface area contributed by atoms with Crippen molar-refractivity contribution in [1.82, 2.24) is 24.5 Å². The Morgan fingerprint density at radius 1 is 1.46 bits per heavy atom. The van der Waals surface area contributed by atoms with E-state index in [9.17, 15) is 4.79 Å². The molecular weight excluding hydrogens is 324 g/mol. The first-order chi connectivity index (χ1) is 11.7. The van der Waals surface area contributed by atoms with Crippen molar-refractivity contribution in [1.29, 1.82) is 0 Å². The van der Waals surface area contributed by atoms with Crippen molar-refractivity contribution in [2.24, 2.45) is 0 Å². The van der Waals surface area contributed by atoms with Gasteiger partial charge in [-0.2, -0.15) is 14.6 Å². The van der Waals surface area contributed by atoms with Gasteiger partial charge in [-0.25, -0.2) is 4.98 Å². The lowest BCUT2D eigenvalue weighted by molar-refractivity contribution is -0.131. The monoisotopic (exact) mass is 342 g/mol. The summed E-state index contributed by atoms with van der Waals surface area (Å²) in [6.07, 6.45) is 2.90. The second-order valence-electron chi connectivity index (χ2n) is 5.87. The molecule has 0 unspecified atom stereocenters. The van der Waals surface area contributed by atoms with Crippen LogP contribution in [-0.2, 0) is 17.8 Å². The molecule has 8 heteroatoms. The Bertz CT molecular complexity index is 886. The van der Waals surface area contributed by atoms with E-state index in [1.54, 1.807) is 15.9 Å². The zero-order valence-corrected chi connectivity index (χ0v) is 14.2. The number of carbonyl (C=O) groups excluding carboxylic acids is 1. The number of nitrogens with zero attached hydrogens (tertiary/aromatic N) is 5. The predicted octanol–water partition coefficient (Wildman–Crippen LogP) is 1.88. The van der Waals surface area contributed by atoms with E-state index >= 15 is 0 Å². The van der Waals surface area contributed by atoms with Crippen molar-refractivity contribution in [2.45, 2.75) is 26.3 Å². The molecule has 0 saturated carbocycles. The number of amides is 1. The van der Waals surface area contributed by atoms with Crippen LogP contribution in [0.25, 0.3) is 5.78 Å². The molecule has 0 radical (unpaired) electrons. The summed E-state index contributed by atoms with van der Waals surface area (Å²) in [6.45, 7) is 4.02. The van der Waals surface area contributed by atoms with Crippen LogP contribution in [0.4, 0.5) is 5.82 Å². The summed E-state index contributed by atoms with van der Waals surface area (Å²) in [5.41, 5.74) is 2.16.